The van der Waals surface area contributed by atoms with E-state index in [1.54, 1.807) is 36.1 Å². The molecule has 1 N–H and O–H groups in total. The number of pyridine rings is 1. The SMILES string of the molecule is Cc1nn(C)c2ncc(S(=O)(=O)Nc3ccccc3Sc3nccn3C)cc12. The van der Waals surface area contributed by atoms with Gasteiger partial charge in [0.1, 0.15) is 4.90 Å². The quantitative estimate of drug-likeness (QED) is 0.539. The number of rotatable bonds is 5. The van der Waals surface area contributed by atoms with Crippen molar-refractivity contribution >= 4 is 38.5 Å². The van der Waals surface area contributed by atoms with E-state index in [4.69, 9.17) is 0 Å². The number of fused-ring (bicyclic) bond motifs is 1. The van der Waals surface area contributed by atoms with Gasteiger partial charge in [0.15, 0.2) is 10.8 Å². The summed E-state index contributed by atoms with van der Waals surface area (Å²) in [6, 6.07) is 8.82. The molecule has 0 saturated heterocycles. The first-order valence-corrected chi connectivity index (χ1v) is 10.7. The van der Waals surface area contributed by atoms with Crippen molar-refractivity contribution in [2.75, 3.05) is 4.72 Å². The summed E-state index contributed by atoms with van der Waals surface area (Å²) in [6.45, 7) is 1.83. The first kappa shape index (κ1) is 18.5. The number of aryl methyl sites for hydroxylation is 3. The number of hydrogen-bond donors (Lipinski definition) is 1. The van der Waals surface area contributed by atoms with Crippen LogP contribution in [0.2, 0.25) is 0 Å². The highest BCUT2D eigenvalue weighted by molar-refractivity contribution is 7.99. The molecule has 8 nitrogen and oxygen atoms in total. The second-order valence-electron chi connectivity index (χ2n) is 6.28. The van der Waals surface area contributed by atoms with Crippen molar-refractivity contribution in [3.05, 3.63) is 54.6 Å². The summed E-state index contributed by atoms with van der Waals surface area (Å²) in [5.41, 5.74) is 1.86. The van der Waals surface area contributed by atoms with Crippen molar-refractivity contribution in [1.82, 2.24) is 24.3 Å². The third kappa shape index (κ3) is 3.36. The molecule has 4 rings (SSSR count). The lowest BCUT2D eigenvalue weighted by atomic mass is 10.3. The lowest BCUT2D eigenvalue weighted by Crippen LogP contribution is -2.14. The molecule has 3 heterocycles. The average Bonchev–Trinajstić information content (AvgIpc) is 3.19. The van der Waals surface area contributed by atoms with Gasteiger partial charge in [-0.3, -0.25) is 9.40 Å². The maximum absolute atomic E-state index is 13.0. The van der Waals surface area contributed by atoms with Gasteiger partial charge < -0.3 is 4.57 Å². The largest absolute Gasteiger partial charge is 0.329 e. The smallest absolute Gasteiger partial charge is 0.263 e. The van der Waals surface area contributed by atoms with Gasteiger partial charge in [-0.15, -0.1) is 0 Å². The fourth-order valence-corrected chi connectivity index (χ4v) is 4.83. The van der Waals surface area contributed by atoms with Crippen LogP contribution < -0.4 is 4.72 Å². The van der Waals surface area contributed by atoms with Crippen LogP contribution >= 0.6 is 11.8 Å². The van der Waals surface area contributed by atoms with Crippen LogP contribution in [0, 0.1) is 6.92 Å². The van der Waals surface area contributed by atoms with E-state index in [0.717, 1.165) is 15.7 Å². The zero-order valence-electron chi connectivity index (χ0n) is 15.5. The molecule has 0 fully saturated rings. The third-order valence-corrected chi connectivity index (χ3v) is 6.74. The van der Waals surface area contributed by atoms with Gasteiger partial charge >= 0.3 is 0 Å². The van der Waals surface area contributed by atoms with Crippen LogP contribution in [0.15, 0.2) is 63.9 Å². The summed E-state index contributed by atoms with van der Waals surface area (Å²) in [4.78, 5) is 9.40. The first-order valence-electron chi connectivity index (χ1n) is 8.41. The minimum Gasteiger partial charge on any atom is -0.329 e. The Bertz CT molecular complexity index is 1280. The summed E-state index contributed by atoms with van der Waals surface area (Å²) in [5.74, 6) is 0. The van der Waals surface area contributed by atoms with Crippen molar-refractivity contribution in [2.45, 2.75) is 21.9 Å². The molecule has 0 aliphatic heterocycles. The number of sulfonamides is 1. The van der Waals surface area contributed by atoms with Crippen LogP contribution in [0.25, 0.3) is 11.0 Å². The van der Waals surface area contributed by atoms with Crippen molar-refractivity contribution in [2.24, 2.45) is 14.1 Å². The second kappa shape index (κ2) is 6.95. The number of para-hydroxylation sites is 1. The van der Waals surface area contributed by atoms with Gasteiger partial charge in [0.05, 0.1) is 11.4 Å². The van der Waals surface area contributed by atoms with E-state index >= 15 is 0 Å². The molecule has 0 aliphatic rings. The molecule has 0 unspecified atom stereocenters. The number of nitrogens with zero attached hydrogens (tertiary/aromatic N) is 5. The number of aromatic nitrogens is 5. The Morgan fingerprint density at radius 2 is 1.93 bits per heavy atom. The Balaban J connectivity index is 1.69. The molecule has 0 bridgehead atoms. The van der Waals surface area contributed by atoms with Gasteiger partial charge in [0.25, 0.3) is 10.0 Å². The Morgan fingerprint density at radius 3 is 2.68 bits per heavy atom. The Labute approximate surface area is 166 Å². The van der Waals surface area contributed by atoms with Gasteiger partial charge in [-0.05, 0) is 36.9 Å². The standard InChI is InChI=1S/C18H18N6O2S2/c1-12-14-10-13(11-20-17(14)24(3)21-12)28(25,26)22-15-6-4-5-7-16(15)27-18-19-8-9-23(18)2/h4-11,22H,1-3H3. The third-order valence-electron chi connectivity index (χ3n) is 4.26. The number of benzene rings is 1. The molecule has 3 aromatic heterocycles. The van der Waals surface area contributed by atoms with Crippen molar-refractivity contribution < 1.29 is 8.42 Å². The summed E-state index contributed by atoms with van der Waals surface area (Å²) >= 11 is 1.39. The van der Waals surface area contributed by atoms with Crippen LogP contribution in [0.4, 0.5) is 5.69 Å². The van der Waals surface area contributed by atoms with E-state index in [0.29, 0.717) is 16.7 Å². The average molecular weight is 415 g/mol. The van der Waals surface area contributed by atoms with Crippen LogP contribution in [0.5, 0.6) is 0 Å². The highest BCUT2D eigenvalue weighted by Crippen LogP contribution is 2.33. The highest BCUT2D eigenvalue weighted by atomic mass is 32.2. The molecule has 10 heteroatoms. The molecule has 0 amide bonds. The van der Waals surface area contributed by atoms with Gasteiger partial charge in [0, 0.05) is 43.0 Å². The maximum atomic E-state index is 13.0. The summed E-state index contributed by atoms with van der Waals surface area (Å²) in [7, 11) is -0.148. The molecular formula is C18H18N6O2S2. The predicted molar refractivity (Wildman–Crippen MR) is 108 cm³/mol. The molecule has 0 saturated carbocycles. The monoisotopic (exact) mass is 414 g/mol. The normalized spacial score (nSPS) is 11.8. The van der Waals surface area contributed by atoms with E-state index in [1.807, 2.05) is 36.9 Å². The summed E-state index contributed by atoms with van der Waals surface area (Å²) < 4.78 is 32.1. The molecule has 0 spiro atoms. The van der Waals surface area contributed by atoms with Gasteiger partial charge in [-0.2, -0.15) is 5.10 Å². The highest BCUT2D eigenvalue weighted by Gasteiger charge is 2.19. The van der Waals surface area contributed by atoms with E-state index in [-0.39, 0.29) is 4.90 Å². The number of anilines is 1. The fraction of sp³-hybridized carbons (Fsp3) is 0.167. The van der Waals surface area contributed by atoms with Gasteiger partial charge in [-0.25, -0.2) is 18.4 Å². The van der Waals surface area contributed by atoms with Crippen molar-refractivity contribution in [1.29, 1.82) is 0 Å². The number of nitrogens with one attached hydrogen (secondary N) is 1. The lowest BCUT2D eigenvalue weighted by Gasteiger charge is -2.12. The molecule has 144 valence electrons. The van der Waals surface area contributed by atoms with E-state index < -0.39 is 10.0 Å². The van der Waals surface area contributed by atoms with Crippen molar-refractivity contribution in [3.63, 3.8) is 0 Å². The van der Waals surface area contributed by atoms with Gasteiger partial charge in [0.2, 0.25) is 0 Å². The first-order chi connectivity index (χ1) is 13.3. The van der Waals surface area contributed by atoms with Crippen LogP contribution in [0.3, 0.4) is 0 Å². The zero-order chi connectivity index (χ0) is 19.9. The maximum Gasteiger partial charge on any atom is 0.263 e. The van der Waals surface area contributed by atoms with Crippen molar-refractivity contribution in [3.8, 4) is 0 Å². The van der Waals surface area contributed by atoms with E-state index in [2.05, 4.69) is 19.8 Å². The minimum atomic E-state index is -3.81. The van der Waals surface area contributed by atoms with Crippen LogP contribution in [0.1, 0.15) is 5.69 Å². The number of imidazole rings is 1. The molecule has 0 aliphatic carbocycles. The molecule has 28 heavy (non-hydrogen) atoms. The Morgan fingerprint density at radius 1 is 1.14 bits per heavy atom. The topological polar surface area (TPSA) is 94.7 Å². The molecule has 4 aromatic rings. The Hall–Kier alpha value is -2.85. The second-order valence-corrected chi connectivity index (χ2v) is 8.97. The summed E-state index contributed by atoms with van der Waals surface area (Å²) in [6.07, 6.45) is 4.89. The fourth-order valence-electron chi connectivity index (χ4n) is 2.83. The van der Waals surface area contributed by atoms with Crippen LogP contribution in [-0.2, 0) is 24.1 Å². The number of hydrogen-bond acceptors (Lipinski definition) is 6. The molecule has 0 atom stereocenters. The van der Waals surface area contributed by atoms with E-state index in [1.165, 1.54) is 18.0 Å². The van der Waals surface area contributed by atoms with Gasteiger partial charge in [-0.1, -0.05) is 12.1 Å². The Kier molecular flexibility index (Phi) is 4.60. The van der Waals surface area contributed by atoms with E-state index in [9.17, 15) is 8.42 Å². The van der Waals surface area contributed by atoms with Crippen LogP contribution in [-0.4, -0.2) is 32.7 Å². The zero-order valence-corrected chi connectivity index (χ0v) is 17.1. The molecular weight excluding hydrogens is 396 g/mol. The minimum absolute atomic E-state index is 0.0906. The predicted octanol–water partition coefficient (Wildman–Crippen LogP) is 2.96. The lowest BCUT2D eigenvalue weighted by molar-refractivity contribution is 0.601. The summed E-state index contributed by atoms with van der Waals surface area (Å²) in [5, 5.41) is 5.76. The molecule has 0 radical (unpaired) electrons. The molecule has 1 aromatic carbocycles.